The van der Waals surface area contributed by atoms with E-state index in [2.05, 4.69) is 26.8 Å². The van der Waals surface area contributed by atoms with Crippen LogP contribution in [-0.2, 0) is 0 Å². The number of likely N-dealkylation sites (N-methyl/N-ethyl adjacent to an activating group) is 1. The molecule has 0 spiro atoms. The molecular weight excluding hydrogens is 267 g/mol. The molecule has 0 bridgehead atoms. The molecule has 1 saturated heterocycles. The van der Waals surface area contributed by atoms with Gasteiger partial charge < -0.3 is 9.80 Å². The van der Waals surface area contributed by atoms with Crippen molar-refractivity contribution in [3.8, 4) is 0 Å². The van der Waals surface area contributed by atoms with Crippen molar-refractivity contribution in [3.05, 3.63) is 29.2 Å². The maximum atomic E-state index is 13.2. The number of nitrogens with zero attached hydrogens (tertiary/aromatic N) is 4. The second-order valence-corrected chi connectivity index (χ2v) is 5.12. The predicted molar refractivity (Wildman–Crippen MR) is 74.2 cm³/mol. The summed E-state index contributed by atoms with van der Waals surface area (Å²) in [7, 11) is 2.08. The number of hydrogen-bond donors (Lipinski definition) is 0. The van der Waals surface area contributed by atoms with E-state index in [-0.39, 0.29) is 5.82 Å². The van der Waals surface area contributed by atoms with Gasteiger partial charge in [-0.3, -0.25) is 0 Å². The fourth-order valence-corrected chi connectivity index (χ4v) is 2.47. The van der Waals surface area contributed by atoms with Crippen LogP contribution in [-0.4, -0.2) is 48.1 Å². The van der Waals surface area contributed by atoms with Crippen LogP contribution in [0.5, 0.6) is 0 Å². The van der Waals surface area contributed by atoms with Crippen molar-refractivity contribution in [2.24, 2.45) is 0 Å². The molecule has 1 aliphatic heterocycles. The Morgan fingerprint density at radius 2 is 1.84 bits per heavy atom. The molecule has 1 aromatic heterocycles. The predicted octanol–water partition coefficient (Wildman–Crippen LogP) is 2.17. The maximum Gasteiger partial charge on any atom is 0.172 e. The normalized spacial score (nSPS) is 17.1. The van der Waals surface area contributed by atoms with Crippen molar-refractivity contribution in [1.29, 1.82) is 0 Å². The summed E-state index contributed by atoms with van der Waals surface area (Å²) in [5, 5.41) is 0.378. The van der Waals surface area contributed by atoms with Gasteiger partial charge in [-0.2, -0.15) is 0 Å². The van der Waals surface area contributed by atoms with Crippen molar-refractivity contribution in [2.75, 3.05) is 38.1 Å². The average Bonchev–Trinajstić information content (AvgIpc) is 2.40. The Morgan fingerprint density at radius 3 is 2.58 bits per heavy atom. The highest BCUT2D eigenvalue weighted by molar-refractivity contribution is 6.32. The highest BCUT2D eigenvalue weighted by Crippen LogP contribution is 2.25. The van der Waals surface area contributed by atoms with Crippen LogP contribution >= 0.6 is 11.6 Å². The van der Waals surface area contributed by atoms with E-state index in [4.69, 9.17) is 11.6 Å². The van der Waals surface area contributed by atoms with Crippen molar-refractivity contribution in [1.82, 2.24) is 14.9 Å². The second kappa shape index (κ2) is 4.90. The molecule has 0 radical (unpaired) electrons. The SMILES string of the molecule is CN1CCN(c2nc3cc(F)ccc3nc2Cl)CC1. The van der Waals surface area contributed by atoms with Crippen LogP contribution in [0.15, 0.2) is 18.2 Å². The van der Waals surface area contributed by atoms with E-state index in [1.807, 2.05) is 0 Å². The van der Waals surface area contributed by atoms with Crippen LogP contribution in [0.4, 0.5) is 10.2 Å². The summed E-state index contributed by atoms with van der Waals surface area (Å²) in [6, 6.07) is 4.35. The van der Waals surface area contributed by atoms with Crippen LogP contribution in [0.3, 0.4) is 0 Å². The van der Waals surface area contributed by atoms with Crippen LogP contribution in [0, 0.1) is 5.82 Å². The summed E-state index contributed by atoms with van der Waals surface area (Å²) >= 11 is 6.19. The van der Waals surface area contributed by atoms with Crippen molar-refractivity contribution in [2.45, 2.75) is 0 Å². The second-order valence-electron chi connectivity index (χ2n) is 4.76. The van der Waals surface area contributed by atoms with Gasteiger partial charge in [-0.25, -0.2) is 14.4 Å². The molecule has 3 rings (SSSR count). The van der Waals surface area contributed by atoms with Gasteiger partial charge in [-0.1, -0.05) is 11.6 Å². The molecule has 4 nitrogen and oxygen atoms in total. The summed E-state index contributed by atoms with van der Waals surface area (Å²) in [5.41, 5.74) is 1.16. The number of aromatic nitrogens is 2. The molecule has 0 saturated carbocycles. The highest BCUT2D eigenvalue weighted by Gasteiger charge is 2.19. The van der Waals surface area contributed by atoms with Crippen LogP contribution < -0.4 is 4.90 Å². The Balaban J connectivity index is 2.00. The number of piperazine rings is 1. The molecule has 2 aromatic rings. The maximum absolute atomic E-state index is 13.2. The number of rotatable bonds is 1. The third-order valence-electron chi connectivity index (χ3n) is 3.37. The van der Waals surface area contributed by atoms with Crippen molar-refractivity contribution in [3.63, 3.8) is 0 Å². The van der Waals surface area contributed by atoms with E-state index in [0.29, 0.717) is 22.0 Å². The minimum atomic E-state index is -0.312. The summed E-state index contributed by atoms with van der Waals surface area (Å²) in [4.78, 5) is 13.1. The van der Waals surface area contributed by atoms with Gasteiger partial charge in [0, 0.05) is 32.2 Å². The molecule has 0 unspecified atom stereocenters. The van der Waals surface area contributed by atoms with E-state index >= 15 is 0 Å². The van der Waals surface area contributed by atoms with Gasteiger partial charge in [0.2, 0.25) is 0 Å². The first-order valence-corrected chi connectivity index (χ1v) is 6.57. The summed E-state index contributed by atoms with van der Waals surface area (Å²) < 4.78 is 13.2. The Hall–Kier alpha value is -1.46. The van der Waals surface area contributed by atoms with Gasteiger partial charge in [-0.15, -0.1) is 0 Å². The molecule has 1 fully saturated rings. The lowest BCUT2D eigenvalue weighted by molar-refractivity contribution is 0.312. The van der Waals surface area contributed by atoms with E-state index in [0.717, 1.165) is 26.2 Å². The molecule has 1 aliphatic rings. The minimum Gasteiger partial charge on any atom is -0.351 e. The first-order chi connectivity index (χ1) is 9.13. The molecule has 0 amide bonds. The Morgan fingerprint density at radius 1 is 1.11 bits per heavy atom. The van der Waals surface area contributed by atoms with E-state index < -0.39 is 0 Å². The Labute approximate surface area is 115 Å². The molecule has 6 heteroatoms. The standard InChI is InChI=1S/C13H14ClFN4/c1-18-4-6-19(7-5-18)13-12(14)16-10-3-2-9(15)8-11(10)17-13/h2-3,8H,4-7H2,1H3. The smallest absolute Gasteiger partial charge is 0.172 e. The molecule has 0 atom stereocenters. The molecule has 2 heterocycles. The van der Waals surface area contributed by atoms with Crippen LogP contribution in [0.2, 0.25) is 5.15 Å². The van der Waals surface area contributed by atoms with Gasteiger partial charge in [0.15, 0.2) is 11.0 Å². The number of anilines is 1. The minimum absolute atomic E-state index is 0.312. The van der Waals surface area contributed by atoms with Gasteiger partial charge in [0.05, 0.1) is 11.0 Å². The number of halogens is 2. The zero-order valence-electron chi connectivity index (χ0n) is 10.6. The summed E-state index contributed by atoms with van der Waals surface area (Å²) in [6.07, 6.45) is 0. The lowest BCUT2D eigenvalue weighted by Gasteiger charge is -2.33. The Kier molecular flexibility index (Phi) is 3.24. The lowest BCUT2D eigenvalue weighted by atomic mass is 10.3. The average molecular weight is 281 g/mol. The summed E-state index contributed by atoms with van der Waals surface area (Å²) in [5.74, 6) is 0.335. The van der Waals surface area contributed by atoms with E-state index in [1.165, 1.54) is 12.1 Å². The van der Waals surface area contributed by atoms with Crippen LogP contribution in [0.1, 0.15) is 0 Å². The Bertz CT molecular complexity index is 611. The molecule has 100 valence electrons. The van der Waals surface area contributed by atoms with E-state index in [9.17, 15) is 4.39 Å². The zero-order valence-corrected chi connectivity index (χ0v) is 11.4. The van der Waals surface area contributed by atoms with E-state index in [1.54, 1.807) is 6.07 Å². The number of hydrogen-bond acceptors (Lipinski definition) is 4. The largest absolute Gasteiger partial charge is 0.351 e. The molecule has 0 aliphatic carbocycles. The van der Waals surface area contributed by atoms with Crippen LogP contribution in [0.25, 0.3) is 11.0 Å². The fourth-order valence-electron chi connectivity index (χ4n) is 2.22. The third kappa shape index (κ3) is 2.48. The quantitative estimate of drug-likeness (QED) is 0.801. The first kappa shape index (κ1) is 12.6. The lowest BCUT2D eigenvalue weighted by Crippen LogP contribution is -2.45. The van der Waals surface area contributed by atoms with Gasteiger partial charge in [0.25, 0.3) is 0 Å². The molecule has 1 aromatic carbocycles. The van der Waals surface area contributed by atoms with Gasteiger partial charge in [0.1, 0.15) is 5.82 Å². The first-order valence-electron chi connectivity index (χ1n) is 6.20. The topological polar surface area (TPSA) is 32.3 Å². The molecule has 19 heavy (non-hydrogen) atoms. The highest BCUT2D eigenvalue weighted by atomic mass is 35.5. The third-order valence-corrected chi connectivity index (χ3v) is 3.62. The number of fused-ring (bicyclic) bond motifs is 1. The van der Waals surface area contributed by atoms with Gasteiger partial charge in [-0.05, 0) is 19.2 Å². The summed E-state index contributed by atoms with van der Waals surface area (Å²) in [6.45, 7) is 3.62. The fraction of sp³-hybridized carbons (Fsp3) is 0.385. The molecular formula is C13H14ClFN4. The van der Waals surface area contributed by atoms with Crippen molar-refractivity contribution >= 4 is 28.5 Å². The van der Waals surface area contributed by atoms with Crippen molar-refractivity contribution < 1.29 is 4.39 Å². The molecule has 0 N–H and O–H groups in total. The number of benzene rings is 1. The zero-order chi connectivity index (χ0) is 13.4. The van der Waals surface area contributed by atoms with Gasteiger partial charge >= 0.3 is 0 Å². The monoisotopic (exact) mass is 280 g/mol.